The molecule has 0 aliphatic carbocycles. The van der Waals surface area contributed by atoms with Crippen molar-refractivity contribution in [1.29, 1.82) is 0 Å². The zero-order valence-electron chi connectivity index (χ0n) is 10.6. The lowest BCUT2D eigenvalue weighted by Crippen LogP contribution is -2.35. The molecule has 0 saturated carbocycles. The molecule has 0 saturated heterocycles. The van der Waals surface area contributed by atoms with E-state index < -0.39 is 25.2 Å². The van der Waals surface area contributed by atoms with E-state index in [1.807, 2.05) is 5.32 Å². The second kappa shape index (κ2) is 6.31. The van der Waals surface area contributed by atoms with Crippen LogP contribution in [0.5, 0.6) is 0 Å². The molecule has 0 unspecified atom stereocenters. The zero-order valence-corrected chi connectivity index (χ0v) is 10.6. The third-order valence-corrected chi connectivity index (χ3v) is 2.38. The monoisotopic (exact) mass is 300 g/mol. The van der Waals surface area contributed by atoms with Gasteiger partial charge in [-0.3, -0.25) is 4.79 Å². The molecule has 0 atom stereocenters. The normalized spacial score (nSPS) is 11.4. The maximum Gasteiger partial charge on any atom is 0.401 e. The maximum atomic E-state index is 12.0. The summed E-state index contributed by atoms with van der Waals surface area (Å²) in [5.74, 6) is -0.597. The van der Waals surface area contributed by atoms with Gasteiger partial charge in [-0.1, -0.05) is 12.1 Å². The number of hydrogen-bond donors (Lipinski definition) is 2. The minimum absolute atomic E-state index is 0.392. The molecule has 2 rings (SSSR count). The first kappa shape index (κ1) is 14.9. The van der Waals surface area contributed by atoms with Gasteiger partial charge in [-0.2, -0.15) is 17.9 Å². The van der Waals surface area contributed by atoms with E-state index in [-0.39, 0.29) is 0 Å². The van der Waals surface area contributed by atoms with Gasteiger partial charge in [0, 0.05) is 0 Å². The van der Waals surface area contributed by atoms with Gasteiger partial charge in [0.25, 0.3) is 0 Å². The predicted octanol–water partition coefficient (Wildman–Crippen LogP) is 0.753. The molecule has 1 aromatic heterocycles. The van der Waals surface area contributed by atoms with Gasteiger partial charge in [-0.25, -0.2) is 0 Å². The zero-order chi connectivity index (χ0) is 15.3. The van der Waals surface area contributed by atoms with Crippen molar-refractivity contribution in [3.63, 3.8) is 0 Å². The van der Waals surface area contributed by atoms with Gasteiger partial charge in [0.05, 0.1) is 24.5 Å². The first-order chi connectivity index (χ1) is 9.96. The van der Waals surface area contributed by atoms with E-state index in [2.05, 4.69) is 20.8 Å². The van der Waals surface area contributed by atoms with Crippen molar-refractivity contribution < 1.29 is 18.0 Å². The average molecular weight is 300 g/mol. The molecule has 1 aromatic carbocycles. The number of nitrogens with one attached hydrogen (secondary N) is 2. The standard InChI is InChI=1S/C11H11F3N6O/c12-11(13,14)6-15-5-10(21)17-8-3-1-2-4-9(8)20-7-16-18-19-20/h1-4,7,15H,5-6H2,(H,17,21). The van der Waals surface area contributed by atoms with Gasteiger partial charge < -0.3 is 10.6 Å². The van der Waals surface area contributed by atoms with Crippen molar-refractivity contribution in [1.82, 2.24) is 25.5 Å². The molecule has 1 amide bonds. The molecule has 0 bridgehead atoms. The van der Waals surface area contributed by atoms with Crippen LogP contribution in [-0.4, -0.2) is 45.4 Å². The molecule has 10 heteroatoms. The lowest BCUT2D eigenvalue weighted by atomic mass is 10.2. The van der Waals surface area contributed by atoms with Crippen LogP contribution < -0.4 is 10.6 Å². The van der Waals surface area contributed by atoms with E-state index in [9.17, 15) is 18.0 Å². The van der Waals surface area contributed by atoms with Crippen molar-refractivity contribution in [2.45, 2.75) is 6.18 Å². The van der Waals surface area contributed by atoms with Crippen molar-refractivity contribution >= 4 is 11.6 Å². The second-order valence-electron chi connectivity index (χ2n) is 4.04. The Labute approximate surface area is 117 Å². The molecule has 2 N–H and O–H groups in total. The number of tetrazole rings is 1. The smallest absolute Gasteiger partial charge is 0.323 e. The van der Waals surface area contributed by atoms with Crippen LogP contribution in [0.2, 0.25) is 0 Å². The van der Waals surface area contributed by atoms with Crippen molar-refractivity contribution in [3.05, 3.63) is 30.6 Å². The molecule has 1 heterocycles. The number of hydrogen-bond acceptors (Lipinski definition) is 5. The van der Waals surface area contributed by atoms with Gasteiger partial charge in [-0.05, 0) is 22.6 Å². The summed E-state index contributed by atoms with van der Waals surface area (Å²) in [6, 6.07) is 6.65. The fourth-order valence-electron chi connectivity index (χ4n) is 1.56. The van der Waals surface area contributed by atoms with E-state index in [0.717, 1.165) is 0 Å². The van der Waals surface area contributed by atoms with Gasteiger partial charge in [0.2, 0.25) is 5.91 Å². The number of anilines is 1. The van der Waals surface area contributed by atoms with Gasteiger partial charge >= 0.3 is 6.18 Å². The van der Waals surface area contributed by atoms with Gasteiger partial charge in [0.15, 0.2) is 0 Å². The van der Waals surface area contributed by atoms with Crippen LogP contribution in [0.3, 0.4) is 0 Å². The number of nitrogens with zero attached hydrogens (tertiary/aromatic N) is 4. The Balaban J connectivity index is 1.99. The Morgan fingerprint density at radius 3 is 2.71 bits per heavy atom. The number of halogens is 3. The van der Waals surface area contributed by atoms with Gasteiger partial charge in [0.1, 0.15) is 6.33 Å². The Bertz CT molecular complexity index is 598. The fraction of sp³-hybridized carbons (Fsp3) is 0.273. The summed E-state index contributed by atoms with van der Waals surface area (Å²) in [6.07, 6.45) is -3.02. The highest BCUT2D eigenvalue weighted by Crippen LogP contribution is 2.18. The molecule has 0 fully saturated rings. The second-order valence-corrected chi connectivity index (χ2v) is 4.04. The molecular formula is C11H11F3N6O. The number of alkyl halides is 3. The lowest BCUT2D eigenvalue weighted by molar-refractivity contribution is -0.126. The van der Waals surface area contributed by atoms with Crippen LogP contribution in [0.15, 0.2) is 30.6 Å². The van der Waals surface area contributed by atoms with Crippen LogP contribution in [0, 0.1) is 0 Å². The number of amides is 1. The van der Waals surface area contributed by atoms with E-state index in [1.165, 1.54) is 11.0 Å². The number of para-hydroxylation sites is 2. The largest absolute Gasteiger partial charge is 0.401 e. The summed E-state index contributed by atoms with van der Waals surface area (Å²) in [6.45, 7) is -1.68. The first-order valence-corrected chi connectivity index (χ1v) is 5.85. The SMILES string of the molecule is O=C(CNCC(F)(F)F)Nc1ccccc1-n1cnnn1. The van der Waals surface area contributed by atoms with Crippen molar-refractivity contribution in [2.24, 2.45) is 0 Å². The quantitative estimate of drug-likeness (QED) is 0.851. The van der Waals surface area contributed by atoms with E-state index in [1.54, 1.807) is 24.3 Å². The van der Waals surface area contributed by atoms with Crippen molar-refractivity contribution in [3.8, 4) is 5.69 Å². The summed E-state index contributed by atoms with van der Waals surface area (Å²) in [4.78, 5) is 11.6. The van der Waals surface area contributed by atoms with Crippen LogP contribution in [0.25, 0.3) is 5.69 Å². The van der Waals surface area contributed by atoms with E-state index in [4.69, 9.17) is 0 Å². The molecule has 0 aliphatic rings. The summed E-state index contributed by atoms with van der Waals surface area (Å²) in [5, 5.41) is 15.2. The Hall–Kier alpha value is -2.49. The summed E-state index contributed by atoms with van der Waals surface area (Å²) in [7, 11) is 0. The first-order valence-electron chi connectivity index (χ1n) is 5.85. The topological polar surface area (TPSA) is 84.7 Å². The molecule has 0 radical (unpaired) electrons. The minimum Gasteiger partial charge on any atom is -0.323 e. The van der Waals surface area contributed by atoms with E-state index in [0.29, 0.717) is 11.4 Å². The van der Waals surface area contributed by atoms with Crippen LogP contribution in [0.4, 0.5) is 18.9 Å². The average Bonchev–Trinajstić information content (AvgIpc) is 2.91. The Kier molecular flexibility index (Phi) is 4.48. The third-order valence-electron chi connectivity index (χ3n) is 2.38. The van der Waals surface area contributed by atoms with Crippen LogP contribution >= 0.6 is 0 Å². The highest BCUT2D eigenvalue weighted by atomic mass is 19.4. The Morgan fingerprint density at radius 1 is 1.29 bits per heavy atom. The third kappa shape index (κ3) is 4.53. The fourth-order valence-corrected chi connectivity index (χ4v) is 1.56. The van der Waals surface area contributed by atoms with Crippen LogP contribution in [0.1, 0.15) is 0 Å². The molecule has 21 heavy (non-hydrogen) atoms. The Morgan fingerprint density at radius 2 is 2.05 bits per heavy atom. The molecular weight excluding hydrogens is 289 g/mol. The maximum absolute atomic E-state index is 12.0. The van der Waals surface area contributed by atoms with Crippen molar-refractivity contribution in [2.75, 3.05) is 18.4 Å². The van der Waals surface area contributed by atoms with Crippen LogP contribution in [-0.2, 0) is 4.79 Å². The highest BCUT2D eigenvalue weighted by Gasteiger charge is 2.26. The number of benzene rings is 1. The molecule has 112 valence electrons. The highest BCUT2D eigenvalue weighted by molar-refractivity contribution is 5.94. The lowest BCUT2D eigenvalue weighted by Gasteiger charge is -2.11. The summed E-state index contributed by atoms with van der Waals surface area (Å²) >= 11 is 0. The number of carbonyl (C=O) groups excluding carboxylic acids is 1. The molecule has 7 nitrogen and oxygen atoms in total. The number of carbonyl (C=O) groups is 1. The van der Waals surface area contributed by atoms with E-state index >= 15 is 0 Å². The van der Waals surface area contributed by atoms with Gasteiger partial charge in [-0.15, -0.1) is 5.10 Å². The number of aromatic nitrogens is 4. The predicted molar refractivity (Wildman–Crippen MR) is 66.7 cm³/mol. The summed E-state index contributed by atoms with van der Waals surface area (Å²) in [5.41, 5.74) is 0.898. The molecule has 2 aromatic rings. The molecule has 0 aliphatic heterocycles. The summed E-state index contributed by atoms with van der Waals surface area (Å²) < 4.78 is 37.2. The number of rotatable bonds is 5. The minimum atomic E-state index is -4.36. The molecule has 0 spiro atoms.